The number of thioether (sulfide) groups is 1. The summed E-state index contributed by atoms with van der Waals surface area (Å²) in [5.74, 6) is 1.27. The topological polar surface area (TPSA) is 76.6 Å². The van der Waals surface area contributed by atoms with Crippen LogP contribution >= 0.6 is 11.8 Å². The molecule has 134 valence electrons. The number of hydrogen-bond acceptors (Lipinski definition) is 7. The van der Waals surface area contributed by atoms with Crippen LogP contribution in [0.1, 0.15) is 34.1 Å². The first-order valence-electron chi connectivity index (χ1n) is 8.11. The summed E-state index contributed by atoms with van der Waals surface area (Å²) in [6.45, 7) is 9.36. The molecule has 0 unspecified atom stereocenters. The molecule has 24 heavy (non-hydrogen) atoms. The Labute approximate surface area is 147 Å². The van der Waals surface area contributed by atoms with Crippen LogP contribution in [0.3, 0.4) is 0 Å². The molecule has 1 saturated heterocycles. The number of rotatable bonds is 5. The zero-order valence-electron chi connectivity index (χ0n) is 15.0. The molecule has 1 amide bonds. The number of aromatic nitrogens is 2. The Morgan fingerprint density at radius 3 is 2.83 bits per heavy atom. The number of carbonyl (C=O) groups is 1. The first kappa shape index (κ1) is 18.6. The van der Waals surface area contributed by atoms with Gasteiger partial charge in [-0.25, -0.2) is 9.78 Å². The van der Waals surface area contributed by atoms with E-state index in [0.717, 1.165) is 6.42 Å². The van der Waals surface area contributed by atoms with Crippen LogP contribution in [0.4, 0.5) is 10.6 Å². The van der Waals surface area contributed by atoms with E-state index in [9.17, 15) is 4.79 Å². The van der Waals surface area contributed by atoms with Crippen molar-refractivity contribution in [1.82, 2.24) is 14.9 Å². The molecule has 0 saturated carbocycles. The fourth-order valence-electron chi connectivity index (χ4n) is 2.37. The average molecular weight is 354 g/mol. The van der Waals surface area contributed by atoms with Crippen molar-refractivity contribution < 1.29 is 14.3 Å². The zero-order valence-corrected chi connectivity index (χ0v) is 15.8. The van der Waals surface area contributed by atoms with E-state index in [1.165, 1.54) is 11.8 Å². The number of ether oxygens (including phenoxy) is 2. The maximum Gasteiger partial charge on any atom is 0.410 e. The first-order chi connectivity index (χ1) is 11.3. The Bertz CT molecular complexity index is 577. The summed E-state index contributed by atoms with van der Waals surface area (Å²) >= 11 is 1.47. The fourth-order valence-corrected chi connectivity index (χ4v) is 2.74. The number of amides is 1. The minimum absolute atomic E-state index is 0.136. The number of likely N-dealkylation sites (tertiary alicyclic amines) is 1. The van der Waals surface area contributed by atoms with Crippen LogP contribution in [0.2, 0.25) is 0 Å². The summed E-state index contributed by atoms with van der Waals surface area (Å²) < 4.78 is 10.9. The van der Waals surface area contributed by atoms with E-state index in [1.54, 1.807) is 11.0 Å². The van der Waals surface area contributed by atoms with E-state index in [4.69, 9.17) is 9.47 Å². The van der Waals surface area contributed by atoms with E-state index >= 15 is 0 Å². The Balaban J connectivity index is 1.97. The number of carbonyl (C=O) groups excluding carboxylic acids is 1. The third-order valence-electron chi connectivity index (χ3n) is 3.35. The van der Waals surface area contributed by atoms with Crippen LogP contribution < -0.4 is 10.1 Å². The van der Waals surface area contributed by atoms with Crippen molar-refractivity contribution in [2.45, 2.75) is 50.9 Å². The second-order valence-electron chi connectivity index (χ2n) is 6.57. The second-order valence-corrected chi connectivity index (χ2v) is 7.34. The largest absolute Gasteiger partial charge is 0.478 e. The summed E-state index contributed by atoms with van der Waals surface area (Å²) in [7, 11) is 0. The van der Waals surface area contributed by atoms with Gasteiger partial charge in [-0.15, -0.1) is 0 Å². The molecular formula is C16H26N4O3S. The number of hydrogen-bond donors (Lipinski definition) is 1. The molecule has 1 aromatic heterocycles. The zero-order chi connectivity index (χ0) is 17.7. The minimum atomic E-state index is -0.477. The molecular weight excluding hydrogens is 328 g/mol. The maximum atomic E-state index is 12.1. The van der Waals surface area contributed by atoms with Crippen LogP contribution in [0, 0.1) is 0 Å². The molecule has 2 heterocycles. The van der Waals surface area contributed by atoms with Crippen molar-refractivity contribution >= 4 is 23.7 Å². The Hall–Kier alpha value is -1.70. The van der Waals surface area contributed by atoms with Gasteiger partial charge in [-0.1, -0.05) is 11.8 Å². The summed E-state index contributed by atoms with van der Waals surface area (Å²) in [6, 6.07) is 1.93. The minimum Gasteiger partial charge on any atom is -0.478 e. The van der Waals surface area contributed by atoms with E-state index in [2.05, 4.69) is 15.3 Å². The summed E-state index contributed by atoms with van der Waals surface area (Å²) in [5.41, 5.74) is -0.477. The molecule has 1 N–H and O–H groups in total. The highest BCUT2D eigenvalue weighted by Gasteiger charge is 2.30. The summed E-state index contributed by atoms with van der Waals surface area (Å²) in [5, 5.41) is 4.03. The van der Waals surface area contributed by atoms with Crippen molar-refractivity contribution in [3.63, 3.8) is 0 Å². The standard InChI is InChI=1S/C16H26N4O3S/c1-6-22-13-9-12(18-14(19-13)24-5)17-11-7-8-20(10-11)15(21)23-16(2,3)4/h9,11H,6-8,10H2,1-5H3,(H,17,18,19)/t11-/m1/s1. The number of anilines is 1. The Morgan fingerprint density at radius 1 is 1.46 bits per heavy atom. The SMILES string of the molecule is CCOc1cc(N[C@@H]2CCN(C(=O)OC(C)(C)C)C2)nc(SC)n1. The van der Waals surface area contributed by atoms with Gasteiger partial charge in [0.1, 0.15) is 11.4 Å². The molecule has 1 fully saturated rings. The molecule has 1 atom stereocenters. The smallest absolute Gasteiger partial charge is 0.410 e. The molecule has 1 aliphatic heterocycles. The van der Waals surface area contributed by atoms with Crippen LogP contribution in [0.15, 0.2) is 11.2 Å². The van der Waals surface area contributed by atoms with Gasteiger partial charge in [0.05, 0.1) is 6.61 Å². The molecule has 0 spiro atoms. The van der Waals surface area contributed by atoms with Gasteiger partial charge >= 0.3 is 6.09 Å². The monoisotopic (exact) mass is 354 g/mol. The van der Waals surface area contributed by atoms with Gasteiger partial charge in [-0.2, -0.15) is 4.98 Å². The van der Waals surface area contributed by atoms with E-state index < -0.39 is 5.60 Å². The lowest BCUT2D eigenvalue weighted by Gasteiger charge is -2.24. The lowest BCUT2D eigenvalue weighted by molar-refractivity contribution is 0.0293. The fraction of sp³-hybridized carbons (Fsp3) is 0.688. The van der Waals surface area contributed by atoms with E-state index in [0.29, 0.717) is 36.6 Å². The molecule has 0 aromatic carbocycles. The third-order valence-corrected chi connectivity index (χ3v) is 3.90. The van der Waals surface area contributed by atoms with Gasteiger partial charge in [0, 0.05) is 25.2 Å². The number of nitrogens with one attached hydrogen (secondary N) is 1. The van der Waals surface area contributed by atoms with Crippen molar-refractivity contribution in [2.75, 3.05) is 31.3 Å². The molecule has 0 bridgehead atoms. The van der Waals surface area contributed by atoms with Crippen molar-refractivity contribution in [3.05, 3.63) is 6.07 Å². The maximum absolute atomic E-state index is 12.1. The Kier molecular flexibility index (Phi) is 6.15. The van der Waals surface area contributed by atoms with E-state index in [1.807, 2.05) is 34.0 Å². The quantitative estimate of drug-likeness (QED) is 0.643. The predicted octanol–water partition coefficient (Wildman–Crippen LogP) is 3.02. The highest BCUT2D eigenvalue weighted by atomic mass is 32.2. The van der Waals surface area contributed by atoms with Crippen molar-refractivity contribution in [2.24, 2.45) is 0 Å². The number of nitrogens with zero attached hydrogens (tertiary/aromatic N) is 3. The van der Waals surface area contributed by atoms with Gasteiger partial charge in [0.2, 0.25) is 5.88 Å². The van der Waals surface area contributed by atoms with Gasteiger partial charge in [-0.05, 0) is 40.4 Å². The van der Waals surface area contributed by atoms with Gasteiger partial charge in [0.15, 0.2) is 5.16 Å². The van der Waals surface area contributed by atoms with Crippen LogP contribution in [0.25, 0.3) is 0 Å². The summed E-state index contributed by atoms with van der Waals surface area (Å²) in [6.07, 6.45) is 2.51. The molecule has 7 nitrogen and oxygen atoms in total. The second kappa shape index (κ2) is 7.92. The van der Waals surface area contributed by atoms with Gasteiger partial charge < -0.3 is 19.7 Å². The first-order valence-corrected chi connectivity index (χ1v) is 9.33. The molecule has 0 radical (unpaired) electrons. The average Bonchev–Trinajstić information content (AvgIpc) is 2.94. The van der Waals surface area contributed by atoms with Crippen molar-refractivity contribution in [1.29, 1.82) is 0 Å². The predicted molar refractivity (Wildman–Crippen MR) is 94.8 cm³/mol. The van der Waals surface area contributed by atoms with Crippen LogP contribution in [-0.2, 0) is 4.74 Å². The highest BCUT2D eigenvalue weighted by Crippen LogP contribution is 2.22. The Morgan fingerprint density at radius 2 is 2.21 bits per heavy atom. The normalized spacial score (nSPS) is 17.7. The summed E-state index contributed by atoms with van der Waals surface area (Å²) in [4.78, 5) is 22.6. The van der Waals surface area contributed by atoms with E-state index in [-0.39, 0.29) is 12.1 Å². The molecule has 0 aliphatic carbocycles. The molecule has 8 heteroatoms. The molecule has 1 aliphatic rings. The molecule has 1 aromatic rings. The van der Waals surface area contributed by atoms with Gasteiger partial charge in [-0.3, -0.25) is 0 Å². The lowest BCUT2D eigenvalue weighted by Crippen LogP contribution is -2.36. The van der Waals surface area contributed by atoms with Crippen molar-refractivity contribution in [3.8, 4) is 5.88 Å². The van der Waals surface area contributed by atoms with Gasteiger partial charge in [0.25, 0.3) is 0 Å². The lowest BCUT2D eigenvalue weighted by atomic mass is 10.2. The van der Waals surface area contributed by atoms with Crippen LogP contribution in [0.5, 0.6) is 5.88 Å². The highest BCUT2D eigenvalue weighted by molar-refractivity contribution is 7.98. The molecule has 2 rings (SSSR count). The van der Waals surface area contributed by atoms with Crippen LogP contribution in [-0.4, -0.2) is 58.6 Å². The third kappa shape index (κ3) is 5.43.